The normalized spacial score (nSPS) is 36.8. The second-order valence-corrected chi connectivity index (χ2v) is 4.93. The summed E-state index contributed by atoms with van der Waals surface area (Å²) >= 11 is 2.06. The lowest BCUT2D eigenvalue weighted by atomic mass is 9.82. The van der Waals surface area contributed by atoms with Crippen LogP contribution in [0.5, 0.6) is 0 Å². The van der Waals surface area contributed by atoms with Gasteiger partial charge in [-0.2, -0.15) is 11.8 Å². The SMILES string of the molecule is CCC1(SC)CCCCC1NC. The molecule has 1 nitrogen and oxygen atoms in total. The van der Waals surface area contributed by atoms with Crippen molar-refractivity contribution in [2.75, 3.05) is 13.3 Å². The molecule has 1 saturated carbocycles. The molecule has 2 heteroatoms. The van der Waals surface area contributed by atoms with Crippen molar-refractivity contribution in [3.63, 3.8) is 0 Å². The summed E-state index contributed by atoms with van der Waals surface area (Å²) in [5, 5.41) is 3.48. The Morgan fingerprint density at radius 3 is 2.67 bits per heavy atom. The molecule has 1 N–H and O–H groups in total. The van der Waals surface area contributed by atoms with Crippen molar-refractivity contribution in [3.8, 4) is 0 Å². The molecule has 0 aromatic heterocycles. The largest absolute Gasteiger partial charge is 0.316 e. The Morgan fingerprint density at radius 1 is 1.50 bits per heavy atom. The third-order valence-electron chi connectivity index (χ3n) is 3.33. The van der Waals surface area contributed by atoms with E-state index in [1.165, 1.54) is 32.1 Å². The Labute approximate surface area is 80.7 Å². The van der Waals surface area contributed by atoms with E-state index in [9.17, 15) is 0 Å². The molecule has 0 spiro atoms. The lowest BCUT2D eigenvalue weighted by molar-refractivity contribution is 0.302. The molecule has 0 amide bonds. The van der Waals surface area contributed by atoms with E-state index in [4.69, 9.17) is 0 Å². The molecule has 0 aromatic rings. The summed E-state index contributed by atoms with van der Waals surface area (Å²) in [5.74, 6) is 0. The van der Waals surface area contributed by atoms with E-state index in [1.807, 2.05) is 0 Å². The van der Waals surface area contributed by atoms with Gasteiger partial charge in [-0.25, -0.2) is 0 Å². The van der Waals surface area contributed by atoms with Gasteiger partial charge >= 0.3 is 0 Å². The molecule has 0 saturated heterocycles. The highest BCUT2D eigenvalue weighted by Crippen LogP contribution is 2.41. The number of thioether (sulfide) groups is 1. The fraction of sp³-hybridized carbons (Fsp3) is 1.00. The Kier molecular flexibility index (Phi) is 3.91. The second kappa shape index (κ2) is 4.52. The minimum atomic E-state index is 0.535. The molecule has 2 unspecified atom stereocenters. The molecule has 2 atom stereocenters. The summed E-state index contributed by atoms with van der Waals surface area (Å²) in [6.07, 6.45) is 9.17. The van der Waals surface area contributed by atoms with Crippen LogP contribution >= 0.6 is 11.8 Å². The molecule has 0 aliphatic heterocycles. The predicted molar refractivity (Wildman–Crippen MR) is 57.9 cm³/mol. The lowest BCUT2D eigenvalue weighted by Gasteiger charge is -2.42. The quantitative estimate of drug-likeness (QED) is 0.729. The molecule has 1 fully saturated rings. The third kappa shape index (κ3) is 1.80. The van der Waals surface area contributed by atoms with Gasteiger partial charge in [0.2, 0.25) is 0 Å². The summed E-state index contributed by atoms with van der Waals surface area (Å²) in [4.78, 5) is 0. The highest BCUT2D eigenvalue weighted by molar-refractivity contribution is 8.00. The number of hydrogen-bond donors (Lipinski definition) is 1. The van der Waals surface area contributed by atoms with E-state index in [1.54, 1.807) is 0 Å². The zero-order valence-electron chi connectivity index (χ0n) is 8.52. The van der Waals surface area contributed by atoms with Gasteiger partial charge in [-0.3, -0.25) is 0 Å². The smallest absolute Gasteiger partial charge is 0.0307 e. The summed E-state index contributed by atoms with van der Waals surface area (Å²) < 4.78 is 0.535. The van der Waals surface area contributed by atoms with Crippen LogP contribution in [0.3, 0.4) is 0 Å². The first-order valence-electron chi connectivity index (χ1n) is 5.01. The molecule has 1 aliphatic rings. The molecule has 12 heavy (non-hydrogen) atoms. The van der Waals surface area contributed by atoms with E-state index >= 15 is 0 Å². The van der Waals surface area contributed by atoms with Gasteiger partial charge in [0, 0.05) is 10.8 Å². The van der Waals surface area contributed by atoms with Gasteiger partial charge < -0.3 is 5.32 Å². The van der Waals surface area contributed by atoms with Crippen LogP contribution in [0.4, 0.5) is 0 Å². The van der Waals surface area contributed by atoms with Gasteiger partial charge in [0.05, 0.1) is 0 Å². The van der Waals surface area contributed by atoms with Crippen LogP contribution < -0.4 is 5.32 Å². The highest BCUT2D eigenvalue weighted by atomic mass is 32.2. The van der Waals surface area contributed by atoms with Crippen LogP contribution in [0, 0.1) is 0 Å². The summed E-state index contributed by atoms with van der Waals surface area (Å²) in [6, 6.07) is 0.742. The van der Waals surface area contributed by atoms with E-state index < -0.39 is 0 Å². The maximum atomic E-state index is 3.48. The second-order valence-electron chi connectivity index (χ2n) is 3.71. The van der Waals surface area contributed by atoms with Gasteiger partial charge in [0.25, 0.3) is 0 Å². The predicted octanol–water partition coefficient (Wildman–Crippen LogP) is 2.66. The topological polar surface area (TPSA) is 12.0 Å². The van der Waals surface area contributed by atoms with E-state index in [-0.39, 0.29) is 0 Å². The molecule has 0 bridgehead atoms. The van der Waals surface area contributed by atoms with Crippen molar-refractivity contribution in [1.29, 1.82) is 0 Å². The number of nitrogens with one attached hydrogen (secondary N) is 1. The Balaban J connectivity index is 2.66. The van der Waals surface area contributed by atoms with E-state index in [0.29, 0.717) is 4.75 Å². The highest BCUT2D eigenvalue weighted by Gasteiger charge is 2.37. The van der Waals surface area contributed by atoms with Gasteiger partial charge in [-0.1, -0.05) is 19.8 Å². The van der Waals surface area contributed by atoms with Crippen molar-refractivity contribution in [2.24, 2.45) is 0 Å². The Hall–Kier alpha value is 0.310. The zero-order chi connectivity index (χ0) is 9.03. The van der Waals surface area contributed by atoms with Crippen LogP contribution in [0.2, 0.25) is 0 Å². The lowest BCUT2D eigenvalue weighted by Crippen LogP contribution is -2.48. The van der Waals surface area contributed by atoms with Crippen LogP contribution in [0.15, 0.2) is 0 Å². The summed E-state index contributed by atoms with van der Waals surface area (Å²) in [6.45, 7) is 2.33. The zero-order valence-corrected chi connectivity index (χ0v) is 9.34. The van der Waals surface area contributed by atoms with E-state index in [0.717, 1.165) is 6.04 Å². The average molecular weight is 187 g/mol. The monoisotopic (exact) mass is 187 g/mol. The summed E-state index contributed by atoms with van der Waals surface area (Å²) in [5.41, 5.74) is 0. The molecule has 72 valence electrons. The minimum absolute atomic E-state index is 0.535. The average Bonchev–Trinajstić information content (AvgIpc) is 2.17. The van der Waals surface area contributed by atoms with Gasteiger partial charge in [0.1, 0.15) is 0 Å². The van der Waals surface area contributed by atoms with Crippen molar-refractivity contribution in [1.82, 2.24) is 5.32 Å². The molecule has 0 aromatic carbocycles. The van der Waals surface area contributed by atoms with Gasteiger partial charge in [-0.05, 0) is 32.6 Å². The van der Waals surface area contributed by atoms with Gasteiger partial charge in [0.15, 0.2) is 0 Å². The Morgan fingerprint density at radius 2 is 2.25 bits per heavy atom. The van der Waals surface area contributed by atoms with Crippen LogP contribution in [-0.2, 0) is 0 Å². The molecule has 0 heterocycles. The van der Waals surface area contributed by atoms with Crippen LogP contribution in [-0.4, -0.2) is 24.1 Å². The maximum absolute atomic E-state index is 3.48. The first kappa shape index (κ1) is 10.4. The molecule has 1 aliphatic carbocycles. The first-order valence-corrected chi connectivity index (χ1v) is 6.24. The fourth-order valence-electron chi connectivity index (χ4n) is 2.43. The van der Waals surface area contributed by atoms with E-state index in [2.05, 4.69) is 37.3 Å². The first-order chi connectivity index (χ1) is 5.79. The van der Waals surface area contributed by atoms with Gasteiger partial charge in [-0.15, -0.1) is 0 Å². The van der Waals surface area contributed by atoms with Crippen LogP contribution in [0.1, 0.15) is 39.0 Å². The number of hydrogen-bond acceptors (Lipinski definition) is 2. The maximum Gasteiger partial charge on any atom is 0.0307 e. The molecule has 1 rings (SSSR count). The van der Waals surface area contributed by atoms with Crippen molar-refractivity contribution >= 4 is 11.8 Å². The molecule has 0 radical (unpaired) electrons. The Bertz CT molecular complexity index is 132. The third-order valence-corrected chi connectivity index (χ3v) is 4.92. The standard InChI is InChI=1S/C10H21NS/c1-4-10(12-3)8-6-5-7-9(10)11-2/h9,11H,4-8H2,1-3H3. The van der Waals surface area contributed by atoms with Crippen LogP contribution in [0.25, 0.3) is 0 Å². The van der Waals surface area contributed by atoms with Crippen molar-refractivity contribution in [2.45, 2.75) is 49.8 Å². The molecular formula is C10H21NS. The number of rotatable bonds is 3. The van der Waals surface area contributed by atoms with Crippen molar-refractivity contribution in [3.05, 3.63) is 0 Å². The minimum Gasteiger partial charge on any atom is -0.316 e. The molecular weight excluding hydrogens is 166 g/mol. The fourth-order valence-corrected chi connectivity index (χ4v) is 3.59. The van der Waals surface area contributed by atoms with Crippen molar-refractivity contribution < 1.29 is 0 Å². The summed E-state index contributed by atoms with van der Waals surface area (Å²) in [7, 11) is 2.11.